The maximum Gasteiger partial charge on any atom is 0.154 e. The molecule has 0 bridgehead atoms. The van der Waals surface area contributed by atoms with Crippen LogP contribution in [0.2, 0.25) is 0 Å². The first-order chi connectivity index (χ1) is 8.76. The van der Waals surface area contributed by atoms with Crippen LogP contribution in [0.25, 0.3) is 10.8 Å². The lowest BCUT2D eigenvalue weighted by molar-refractivity contribution is 0.102. The molecule has 1 unspecified atom stereocenters. The molecule has 0 amide bonds. The molecule has 2 aromatic rings. The van der Waals surface area contributed by atoms with Crippen LogP contribution in [0.5, 0.6) is 5.75 Å². The van der Waals surface area contributed by atoms with E-state index in [9.17, 15) is 9.90 Å². The average Bonchev–Trinajstić information content (AvgIpc) is 2.43. The van der Waals surface area contributed by atoms with Gasteiger partial charge in [-0.1, -0.05) is 37.3 Å². The second kappa shape index (κ2) is 5.65. The van der Waals surface area contributed by atoms with Gasteiger partial charge in [0.25, 0.3) is 0 Å². The number of hydrogen-bond donors (Lipinski definition) is 1. The first-order valence-corrected chi connectivity index (χ1v) is 6.04. The summed E-state index contributed by atoms with van der Waals surface area (Å²) in [6, 6.07) is 11.3. The molecule has 0 spiro atoms. The number of rotatable bonds is 5. The van der Waals surface area contributed by atoms with Crippen molar-refractivity contribution in [1.82, 2.24) is 0 Å². The van der Waals surface area contributed by atoms with Crippen LogP contribution in [-0.2, 0) is 0 Å². The van der Waals surface area contributed by atoms with Crippen molar-refractivity contribution in [3.63, 3.8) is 0 Å². The summed E-state index contributed by atoms with van der Waals surface area (Å²) < 4.78 is 5.51. The molecular weight excluding hydrogens is 228 g/mol. The van der Waals surface area contributed by atoms with E-state index in [2.05, 4.69) is 0 Å². The number of ether oxygens (including phenoxy) is 1. The van der Waals surface area contributed by atoms with Gasteiger partial charge in [0, 0.05) is 0 Å². The zero-order chi connectivity index (χ0) is 13.0. The number of hydrogen-bond acceptors (Lipinski definition) is 3. The van der Waals surface area contributed by atoms with Gasteiger partial charge in [-0.3, -0.25) is 4.79 Å². The van der Waals surface area contributed by atoms with Crippen LogP contribution in [0.15, 0.2) is 36.4 Å². The molecule has 3 nitrogen and oxygen atoms in total. The van der Waals surface area contributed by atoms with E-state index >= 15 is 0 Å². The summed E-state index contributed by atoms with van der Waals surface area (Å²) in [5.41, 5.74) is 0.538. The van der Waals surface area contributed by atoms with Crippen molar-refractivity contribution < 1.29 is 14.6 Å². The molecule has 2 aromatic carbocycles. The van der Waals surface area contributed by atoms with Gasteiger partial charge >= 0.3 is 0 Å². The quantitative estimate of drug-likeness (QED) is 0.823. The minimum atomic E-state index is -0.504. The lowest BCUT2D eigenvalue weighted by Gasteiger charge is -2.13. The lowest BCUT2D eigenvalue weighted by atomic mass is 10.0. The summed E-state index contributed by atoms with van der Waals surface area (Å²) in [6.07, 6.45) is 0.927. The highest BCUT2D eigenvalue weighted by Crippen LogP contribution is 2.26. The molecule has 3 heteroatoms. The van der Waals surface area contributed by atoms with Gasteiger partial charge in [-0.05, 0) is 23.3 Å². The number of aliphatic hydroxyl groups is 1. The van der Waals surface area contributed by atoms with E-state index in [1.54, 1.807) is 6.07 Å². The Morgan fingerprint density at radius 2 is 2.06 bits per heavy atom. The van der Waals surface area contributed by atoms with Crippen LogP contribution in [-0.4, -0.2) is 24.1 Å². The second-order valence-corrected chi connectivity index (χ2v) is 4.19. The van der Waals surface area contributed by atoms with Gasteiger partial charge in [0.05, 0.1) is 11.7 Å². The van der Waals surface area contributed by atoms with E-state index < -0.39 is 6.10 Å². The third kappa shape index (κ3) is 2.51. The van der Waals surface area contributed by atoms with Crippen LogP contribution in [0.3, 0.4) is 0 Å². The van der Waals surface area contributed by atoms with Crippen LogP contribution in [0.1, 0.15) is 23.7 Å². The second-order valence-electron chi connectivity index (χ2n) is 4.19. The molecule has 94 valence electrons. The highest BCUT2D eigenvalue weighted by Gasteiger charge is 2.09. The van der Waals surface area contributed by atoms with Crippen molar-refractivity contribution in [2.45, 2.75) is 19.4 Å². The Bertz CT molecular complexity index is 548. The summed E-state index contributed by atoms with van der Waals surface area (Å²) in [6.45, 7) is 2.09. The Balaban J connectivity index is 2.36. The molecule has 0 aliphatic rings. The molecular formula is C15H16O3. The van der Waals surface area contributed by atoms with Crippen molar-refractivity contribution >= 4 is 17.1 Å². The fourth-order valence-electron chi connectivity index (χ4n) is 1.83. The molecule has 0 saturated carbocycles. The van der Waals surface area contributed by atoms with E-state index in [1.165, 1.54) is 0 Å². The highest BCUT2D eigenvalue weighted by molar-refractivity contribution is 6.00. The van der Waals surface area contributed by atoms with Crippen LogP contribution >= 0.6 is 0 Å². The smallest absolute Gasteiger partial charge is 0.154 e. The molecule has 18 heavy (non-hydrogen) atoms. The summed E-state index contributed by atoms with van der Waals surface area (Å²) in [7, 11) is 0. The SMILES string of the molecule is CCC(O)COc1ccc2ccccc2c1C=O. The molecule has 0 heterocycles. The average molecular weight is 244 g/mol. The Morgan fingerprint density at radius 3 is 2.78 bits per heavy atom. The molecule has 0 aliphatic heterocycles. The molecule has 0 fully saturated rings. The molecule has 0 aromatic heterocycles. The predicted molar refractivity (Wildman–Crippen MR) is 71.1 cm³/mol. The first-order valence-electron chi connectivity index (χ1n) is 6.04. The predicted octanol–water partition coefficient (Wildman–Crippen LogP) is 2.80. The summed E-state index contributed by atoms with van der Waals surface area (Å²) in [4.78, 5) is 11.2. The standard InChI is InChI=1S/C15H16O3/c1-2-12(17)10-18-15-8-7-11-5-3-4-6-13(11)14(15)9-16/h3-9,12,17H,2,10H2,1H3. The minimum absolute atomic E-state index is 0.204. The topological polar surface area (TPSA) is 46.5 Å². The number of carbonyl (C=O) groups excluding carboxylic acids is 1. The van der Waals surface area contributed by atoms with Crippen LogP contribution < -0.4 is 4.74 Å². The largest absolute Gasteiger partial charge is 0.490 e. The summed E-state index contributed by atoms with van der Waals surface area (Å²) >= 11 is 0. The van der Waals surface area contributed by atoms with E-state index in [-0.39, 0.29) is 6.61 Å². The maximum absolute atomic E-state index is 11.2. The van der Waals surface area contributed by atoms with Gasteiger partial charge < -0.3 is 9.84 Å². The van der Waals surface area contributed by atoms with Crippen LogP contribution in [0, 0.1) is 0 Å². The van der Waals surface area contributed by atoms with Gasteiger partial charge in [0.1, 0.15) is 12.4 Å². The Labute approximate surface area is 106 Å². The zero-order valence-electron chi connectivity index (χ0n) is 10.3. The molecule has 0 saturated heterocycles. The number of carbonyl (C=O) groups is 1. The van der Waals surface area contributed by atoms with E-state index in [0.717, 1.165) is 17.1 Å². The first kappa shape index (κ1) is 12.6. The van der Waals surface area contributed by atoms with Gasteiger partial charge in [-0.25, -0.2) is 0 Å². The van der Waals surface area contributed by atoms with E-state index in [1.807, 2.05) is 37.3 Å². The van der Waals surface area contributed by atoms with Crippen molar-refractivity contribution in [3.8, 4) is 5.75 Å². The maximum atomic E-state index is 11.2. The minimum Gasteiger partial charge on any atom is -0.490 e. The third-order valence-electron chi connectivity index (χ3n) is 2.95. The fourth-order valence-corrected chi connectivity index (χ4v) is 1.83. The van der Waals surface area contributed by atoms with E-state index in [0.29, 0.717) is 17.7 Å². The third-order valence-corrected chi connectivity index (χ3v) is 2.95. The lowest BCUT2D eigenvalue weighted by Crippen LogP contribution is -2.16. The Hall–Kier alpha value is -1.87. The van der Waals surface area contributed by atoms with Crippen LogP contribution in [0.4, 0.5) is 0 Å². The summed E-state index contributed by atoms with van der Waals surface area (Å²) in [5.74, 6) is 0.524. The Kier molecular flexibility index (Phi) is 3.95. The summed E-state index contributed by atoms with van der Waals surface area (Å²) in [5, 5.41) is 11.4. The van der Waals surface area contributed by atoms with Crippen molar-refractivity contribution in [1.29, 1.82) is 0 Å². The molecule has 0 aliphatic carbocycles. The fraction of sp³-hybridized carbons (Fsp3) is 0.267. The molecule has 0 radical (unpaired) electrons. The van der Waals surface area contributed by atoms with Crippen molar-refractivity contribution in [2.75, 3.05) is 6.61 Å². The monoisotopic (exact) mass is 244 g/mol. The van der Waals surface area contributed by atoms with Gasteiger partial charge in [0.2, 0.25) is 0 Å². The number of fused-ring (bicyclic) bond motifs is 1. The molecule has 2 rings (SSSR count). The van der Waals surface area contributed by atoms with Crippen molar-refractivity contribution in [3.05, 3.63) is 42.0 Å². The van der Waals surface area contributed by atoms with Gasteiger partial charge in [0.15, 0.2) is 6.29 Å². The number of aldehydes is 1. The van der Waals surface area contributed by atoms with Gasteiger partial charge in [-0.2, -0.15) is 0 Å². The molecule has 1 N–H and O–H groups in total. The zero-order valence-corrected chi connectivity index (χ0v) is 10.3. The highest BCUT2D eigenvalue weighted by atomic mass is 16.5. The molecule has 1 atom stereocenters. The number of benzene rings is 2. The van der Waals surface area contributed by atoms with Gasteiger partial charge in [-0.15, -0.1) is 0 Å². The number of aliphatic hydroxyl groups excluding tert-OH is 1. The Morgan fingerprint density at radius 1 is 1.28 bits per heavy atom. The normalized spacial score (nSPS) is 12.3. The van der Waals surface area contributed by atoms with Crippen molar-refractivity contribution in [2.24, 2.45) is 0 Å². The van der Waals surface area contributed by atoms with E-state index in [4.69, 9.17) is 4.74 Å².